The minimum absolute atomic E-state index is 0.0342. The van der Waals surface area contributed by atoms with E-state index in [0.717, 1.165) is 24.1 Å². The number of hydrogen-bond acceptors (Lipinski definition) is 4. The van der Waals surface area contributed by atoms with E-state index < -0.39 is 16.1 Å². The Morgan fingerprint density at radius 3 is 2.44 bits per heavy atom. The third kappa shape index (κ3) is 4.34. The third-order valence-electron chi connectivity index (χ3n) is 5.11. The summed E-state index contributed by atoms with van der Waals surface area (Å²) >= 11 is 0. The van der Waals surface area contributed by atoms with E-state index in [9.17, 15) is 13.5 Å². The van der Waals surface area contributed by atoms with Gasteiger partial charge in [-0.1, -0.05) is 45.0 Å². The molecule has 5 nitrogen and oxygen atoms in total. The van der Waals surface area contributed by atoms with Crippen LogP contribution < -0.4 is 9.62 Å². The monoisotopic (exact) mass is 388 g/mol. The molecular formula is C21H28N2O3S. The Kier molecular flexibility index (Phi) is 5.34. The smallest absolute Gasteiger partial charge is 0.240 e. The molecule has 146 valence electrons. The second kappa shape index (κ2) is 7.26. The van der Waals surface area contributed by atoms with E-state index in [2.05, 4.69) is 30.4 Å². The fraction of sp³-hybridized carbons (Fsp3) is 0.429. The average molecular weight is 389 g/mol. The number of nitrogens with one attached hydrogen (secondary N) is 1. The highest BCUT2D eigenvalue weighted by Crippen LogP contribution is 2.29. The molecule has 1 aliphatic heterocycles. The van der Waals surface area contributed by atoms with Crippen LogP contribution in [-0.2, 0) is 21.9 Å². The standard InChI is InChI=1S/C21H28N2O3S/c1-21(2,3)17-6-8-18(9-7-17)27(25,26)22-14-20(24)16-5-10-19-15(13-16)11-12-23(19)4/h5-10,13,20,22,24H,11-12,14H2,1-4H3. The lowest BCUT2D eigenvalue weighted by molar-refractivity contribution is 0.182. The van der Waals surface area contributed by atoms with Gasteiger partial charge >= 0.3 is 0 Å². The normalized spacial score (nSPS) is 15.7. The van der Waals surface area contributed by atoms with Gasteiger partial charge in [0.15, 0.2) is 0 Å². The second-order valence-electron chi connectivity index (χ2n) is 8.20. The lowest BCUT2D eigenvalue weighted by atomic mass is 9.87. The van der Waals surface area contributed by atoms with Crippen molar-refractivity contribution < 1.29 is 13.5 Å². The molecule has 2 N–H and O–H groups in total. The Labute approximate surface area is 162 Å². The molecule has 1 atom stereocenters. The van der Waals surface area contributed by atoms with E-state index >= 15 is 0 Å². The first-order valence-electron chi connectivity index (χ1n) is 9.20. The molecule has 2 aromatic rings. The Morgan fingerprint density at radius 1 is 1.15 bits per heavy atom. The number of sulfonamides is 1. The van der Waals surface area contributed by atoms with Crippen LogP contribution in [0.15, 0.2) is 47.4 Å². The quantitative estimate of drug-likeness (QED) is 0.826. The summed E-state index contributed by atoms with van der Waals surface area (Å²) in [7, 11) is -1.62. The van der Waals surface area contributed by atoms with E-state index in [1.54, 1.807) is 12.1 Å². The van der Waals surface area contributed by atoms with Gasteiger partial charge in [-0.05, 0) is 46.7 Å². The van der Waals surface area contributed by atoms with E-state index in [4.69, 9.17) is 0 Å². The van der Waals surface area contributed by atoms with Gasteiger partial charge in [-0.3, -0.25) is 0 Å². The zero-order valence-corrected chi connectivity index (χ0v) is 17.2. The molecule has 1 heterocycles. The van der Waals surface area contributed by atoms with Crippen molar-refractivity contribution in [2.45, 2.75) is 43.6 Å². The Hall–Kier alpha value is -1.89. The van der Waals surface area contributed by atoms with E-state index in [-0.39, 0.29) is 16.9 Å². The maximum absolute atomic E-state index is 12.5. The lowest BCUT2D eigenvalue weighted by Gasteiger charge is -2.19. The van der Waals surface area contributed by atoms with Gasteiger partial charge in [0.2, 0.25) is 10.0 Å². The van der Waals surface area contributed by atoms with E-state index in [0.29, 0.717) is 0 Å². The summed E-state index contributed by atoms with van der Waals surface area (Å²) in [6.07, 6.45) is 0.0583. The third-order valence-corrected chi connectivity index (χ3v) is 6.55. The molecule has 1 unspecified atom stereocenters. The van der Waals surface area contributed by atoms with Crippen molar-refractivity contribution in [1.29, 1.82) is 0 Å². The number of aliphatic hydroxyl groups is 1. The SMILES string of the molecule is CN1CCc2cc(C(O)CNS(=O)(=O)c3ccc(C(C)(C)C)cc3)ccc21. The molecule has 3 rings (SSSR count). The maximum atomic E-state index is 12.5. The van der Waals surface area contributed by atoms with Crippen LogP contribution in [0, 0.1) is 0 Å². The van der Waals surface area contributed by atoms with Crippen LogP contribution in [0.1, 0.15) is 43.6 Å². The van der Waals surface area contributed by atoms with Crippen molar-refractivity contribution in [2.24, 2.45) is 0 Å². The van der Waals surface area contributed by atoms with Gasteiger partial charge in [-0.2, -0.15) is 0 Å². The number of hydrogen-bond donors (Lipinski definition) is 2. The van der Waals surface area contributed by atoms with Crippen LogP contribution in [0.3, 0.4) is 0 Å². The Balaban J connectivity index is 1.68. The van der Waals surface area contributed by atoms with Gasteiger partial charge in [0.25, 0.3) is 0 Å². The molecule has 0 spiro atoms. The second-order valence-corrected chi connectivity index (χ2v) is 9.97. The fourth-order valence-electron chi connectivity index (χ4n) is 3.32. The van der Waals surface area contributed by atoms with E-state index in [1.165, 1.54) is 11.3 Å². The summed E-state index contributed by atoms with van der Waals surface area (Å²) in [5, 5.41) is 10.4. The summed E-state index contributed by atoms with van der Waals surface area (Å²) in [5.41, 5.74) is 4.13. The molecule has 0 saturated heterocycles. The van der Waals surface area contributed by atoms with Gasteiger partial charge < -0.3 is 10.0 Å². The molecular weight excluding hydrogens is 360 g/mol. The largest absolute Gasteiger partial charge is 0.387 e. The predicted octanol–water partition coefficient (Wildman–Crippen LogP) is 2.99. The van der Waals surface area contributed by atoms with Gasteiger partial charge in [-0.25, -0.2) is 13.1 Å². The van der Waals surface area contributed by atoms with E-state index in [1.807, 2.05) is 37.4 Å². The van der Waals surface area contributed by atoms with Crippen molar-refractivity contribution in [3.05, 3.63) is 59.2 Å². The first kappa shape index (κ1) is 19.9. The summed E-state index contributed by atoms with van der Waals surface area (Å²) in [5.74, 6) is 0. The van der Waals surface area contributed by atoms with Crippen molar-refractivity contribution in [3.8, 4) is 0 Å². The maximum Gasteiger partial charge on any atom is 0.240 e. The highest BCUT2D eigenvalue weighted by molar-refractivity contribution is 7.89. The first-order chi connectivity index (χ1) is 12.6. The molecule has 6 heteroatoms. The number of rotatable bonds is 5. The average Bonchev–Trinajstić information content (AvgIpc) is 2.99. The topological polar surface area (TPSA) is 69.6 Å². The Morgan fingerprint density at radius 2 is 1.81 bits per heavy atom. The summed E-state index contributed by atoms with van der Waals surface area (Å²) < 4.78 is 27.6. The molecule has 27 heavy (non-hydrogen) atoms. The van der Waals surface area contributed by atoms with Crippen molar-refractivity contribution in [2.75, 3.05) is 25.0 Å². The molecule has 0 aromatic heterocycles. The van der Waals surface area contributed by atoms with Crippen molar-refractivity contribution in [1.82, 2.24) is 4.72 Å². The minimum atomic E-state index is -3.66. The van der Waals surface area contributed by atoms with Gasteiger partial charge in [0, 0.05) is 25.8 Å². The number of nitrogens with zero attached hydrogens (tertiary/aromatic N) is 1. The predicted molar refractivity (Wildman–Crippen MR) is 109 cm³/mol. The van der Waals surface area contributed by atoms with Crippen LogP contribution >= 0.6 is 0 Å². The van der Waals surface area contributed by atoms with Gasteiger partial charge in [-0.15, -0.1) is 0 Å². The molecule has 0 aliphatic carbocycles. The highest BCUT2D eigenvalue weighted by atomic mass is 32.2. The van der Waals surface area contributed by atoms with Crippen LogP contribution in [0.5, 0.6) is 0 Å². The summed E-state index contributed by atoms with van der Waals surface area (Å²) in [4.78, 5) is 2.38. The summed E-state index contributed by atoms with van der Waals surface area (Å²) in [6, 6.07) is 12.7. The highest BCUT2D eigenvalue weighted by Gasteiger charge is 2.21. The number of anilines is 1. The van der Waals surface area contributed by atoms with Crippen LogP contribution in [0.2, 0.25) is 0 Å². The Bertz CT molecular complexity index is 915. The van der Waals surface area contributed by atoms with Crippen molar-refractivity contribution in [3.63, 3.8) is 0 Å². The molecule has 0 amide bonds. The zero-order valence-electron chi connectivity index (χ0n) is 16.4. The lowest BCUT2D eigenvalue weighted by Crippen LogP contribution is -2.28. The molecule has 1 aliphatic rings. The summed E-state index contributed by atoms with van der Waals surface area (Å²) in [6.45, 7) is 7.16. The molecule has 2 aromatic carbocycles. The molecule has 0 radical (unpaired) electrons. The van der Waals surface area contributed by atoms with Gasteiger partial charge in [0.1, 0.15) is 0 Å². The van der Waals surface area contributed by atoms with Crippen LogP contribution in [0.25, 0.3) is 0 Å². The van der Waals surface area contributed by atoms with Crippen LogP contribution in [0.4, 0.5) is 5.69 Å². The minimum Gasteiger partial charge on any atom is -0.387 e. The number of benzene rings is 2. The first-order valence-corrected chi connectivity index (χ1v) is 10.7. The molecule has 0 bridgehead atoms. The molecule has 0 fully saturated rings. The van der Waals surface area contributed by atoms with Crippen molar-refractivity contribution >= 4 is 15.7 Å². The molecule has 0 saturated carbocycles. The number of likely N-dealkylation sites (N-methyl/N-ethyl adjacent to an activating group) is 1. The fourth-order valence-corrected chi connectivity index (χ4v) is 4.36. The number of aliphatic hydroxyl groups excluding tert-OH is 1. The van der Waals surface area contributed by atoms with Gasteiger partial charge in [0.05, 0.1) is 11.0 Å². The van der Waals surface area contributed by atoms with Crippen LogP contribution in [-0.4, -0.2) is 33.7 Å². The number of fused-ring (bicyclic) bond motifs is 1. The zero-order chi connectivity index (χ0) is 19.8.